The van der Waals surface area contributed by atoms with Crippen molar-refractivity contribution in [2.24, 2.45) is 0 Å². The summed E-state index contributed by atoms with van der Waals surface area (Å²) in [6.07, 6.45) is 0.928. The highest BCUT2D eigenvalue weighted by Crippen LogP contribution is 2.15. The van der Waals surface area contributed by atoms with Gasteiger partial charge in [0.15, 0.2) is 6.61 Å². The van der Waals surface area contributed by atoms with Crippen LogP contribution < -0.4 is 5.32 Å². The van der Waals surface area contributed by atoms with Crippen LogP contribution in [-0.4, -0.2) is 31.6 Å². The predicted molar refractivity (Wildman–Crippen MR) is 72.3 cm³/mol. The first-order chi connectivity index (χ1) is 9.58. The molecule has 0 aliphatic heterocycles. The molecule has 0 aliphatic carbocycles. The second-order valence-electron chi connectivity index (χ2n) is 4.00. The number of esters is 2. The Labute approximate surface area is 117 Å². The first kappa shape index (κ1) is 15.7. The fourth-order valence-electron chi connectivity index (χ4n) is 1.49. The van der Waals surface area contributed by atoms with Gasteiger partial charge in [0, 0.05) is 6.42 Å². The van der Waals surface area contributed by atoms with Crippen LogP contribution in [0.25, 0.3) is 0 Å². The third kappa shape index (κ3) is 4.72. The van der Waals surface area contributed by atoms with Gasteiger partial charge in [-0.1, -0.05) is 19.1 Å². The van der Waals surface area contributed by atoms with Crippen LogP contribution in [-0.2, 0) is 19.1 Å². The zero-order chi connectivity index (χ0) is 15.0. The molecule has 20 heavy (non-hydrogen) atoms. The Hall–Kier alpha value is -2.37. The summed E-state index contributed by atoms with van der Waals surface area (Å²) in [5, 5.41) is 2.51. The molecule has 1 amide bonds. The molecular formula is C14H17NO5. The highest BCUT2D eigenvalue weighted by molar-refractivity contribution is 6.01. The van der Waals surface area contributed by atoms with Gasteiger partial charge in [0.1, 0.15) is 0 Å². The molecule has 0 atom stereocenters. The van der Waals surface area contributed by atoms with Crippen molar-refractivity contribution in [3.05, 3.63) is 29.8 Å². The molecule has 1 N–H and O–H groups in total. The molecule has 1 aromatic carbocycles. The number of amides is 1. The number of anilines is 1. The van der Waals surface area contributed by atoms with Crippen molar-refractivity contribution in [3.8, 4) is 0 Å². The molecule has 0 radical (unpaired) electrons. The highest BCUT2D eigenvalue weighted by Gasteiger charge is 2.14. The molecular weight excluding hydrogens is 262 g/mol. The van der Waals surface area contributed by atoms with Crippen LogP contribution >= 0.6 is 0 Å². The topological polar surface area (TPSA) is 81.7 Å². The van der Waals surface area contributed by atoms with E-state index in [4.69, 9.17) is 4.74 Å². The lowest BCUT2D eigenvalue weighted by Gasteiger charge is -2.09. The molecule has 0 bridgehead atoms. The fraction of sp³-hybridized carbons (Fsp3) is 0.357. The van der Waals surface area contributed by atoms with Gasteiger partial charge >= 0.3 is 11.9 Å². The first-order valence-corrected chi connectivity index (χ1v) is 6.21. The maximum atomic E-state index is 11.6. The highest BCUT2D eigenvalue weighted by atomic mass is 16.5. The molecule has 1 rings (SSSR count). The van der Waals surface area contributed by atoms with E-state index in [1.807, 2.05) is 6.92 Å². The maximum absolute atomic E-state index is 11.6. The quantitative estimate of drug-likeness (QED) is 0.802. The average molecular weight is 279 g/mol. The molecule has 0 saturated carbocycles. The number of carbonyl (C=O) groups is 3. The summed E-state index contributed by atoms with van der Waals surface area (Å²) in [7, 11) is 1.26. The Morgan fingerprint density at radius 3 is 2.55 bits per heavy atom. The van der Waals surface area contributed by atoms with Gasteiger partial charge in [-0.25, -0.2) is 4.79 Å². The maximum Gasteiger partial charge on any atom is 0.339 e. The van der Waals surface area contributed by atoms with E-state index in [1.165, 1.54) is 13.2 Å². The van der Waals surface area contributed by atoms with Crippen molar-refractivity contribution < 1.29 is 23.9 Å². The third-order valence-electron chi connectivity index (χ3n) is 2.42. The number of rotatable bonds is 6. The van der Waals surface area contributed by atoms with Gasteiger partial charge in [-0.2, -0.15) is 0 Å². The van der Waals surface area contributed by atoms with Crippen molar-refractivity contribution in [1.29, 1.82) is 0 Å². The minimum Gasteiger partial charge on any atom is -0.465 e. The van der Waals surface area contributed by atoms with E-state index in [1.54, 1.807) is 18.2 Å². The molecule has 0 fully saturated rings. The molecule has 0 aromatic heterocycles. The van der Waals surface area contributed by atoms with Crippen LogP contribution in [0.1, 0.15) is 30.1 Å². The van der Waals surface area contributed by atoms with E-state index in [9.17, 15) is 14.4 Å². The van der Waals surface area contributed by atoms with Crippen molar-refractivity contribution >= 4 is 23.5 Å². The summed E-state index contributed by atoms with van der Waals surface area (Å²) in [6, 6.07) is 6.43. The van der Waals surface area contributed by atoms with Gasteiger partial charge in [0.25, 0.3) is 5.91 Å². The van der Waals surface area contributed by atoms with Gasteiger partial charge < -0.3 is 14.8 Å². The molecule has 108 valence electrons. The summed E-state index contributed by atoms with van der Waals surface area (Å²) < 4.78 is 9.39. The fourth-order valence-corrected chi connectivity index (χ4v) is 1.49. The second kappa shape index (κ2) is 7.93. The monoisotopic (exact) mass is 279 g/mol. The smallest absolute Gasteiger partial charge is 0.339 e. The summed E-state index contributed by atoms with van der Waals surface area (Å²) in [6.45, 7) is 1.46. The van der Waals surface area contributed by atoms with Crippen molar-refractivity contribution in [2.45, 2.75) is 19.8 Å². The Bertz CT molecular complexity index is 498. The van der Waals surface area contributed by atoms with Gasteiger partial charge in [0.2, 0.25) is 0 Å². The van der Waals surface area contributed by atoms with Crippen molar-refractivity contribution in [1.82, 2.24) is 0 Å². The Balaban J connectivity index is 2.62. The van der Waals surface area contributed by atoms with Crippen LogP contribution in [0.2, 0.25) is 0 Å². The Morgan fingerprint density at radius 2 is 1.90 bits per heavy atom. The van der Waals surface area contributed by atoms with Crippen molar-refractivity contribution in [3.63, 3.8) is 0 Å². The summed E-state index contributed by atoms with van der Waals surface area (Å²) >= 11 is 0. The van der Waals surface area contributed by atoms with Crippen LogP contribution in [0, 0.1) is 0 Å². The average Bonchev–Trinajstić information content (AvgIpc) is 2.45. The van der Waals surface area contributed by atoms with Crippen LogP contribution in [0.4, 0.5) is 5.69 Å². The number of benzene rings is 1. The zero-order valence-electron chi connectivity index (χ0n) is 11.5. The van der Waals surface area contributed by atoms with Crippen LogP contribution in [0.15, 0.2) is 24.3 Å². The van der Waals surface area contributed by atoms with Gasteiger partial charge in [-0.3, -0.25) is 9.59 Å². The van der Waals surface area contributed by atoms with E-state index in [2.05, 4.69) is 10.1 Å². The number of ether oxygens (including phenoxy) is 2. The first-order valence-electron chi connectivity index (χ1n) is 6.21. The molecule has 1 aromatic rings. The van der Waals surface area contributed by atoms with E-state index in [0.29, 0.717) is 12.1 Å². The largest absolute Gasteiger partial charge is 0.465 e. The molecule has 0 aliphatic rings. The second-order valence-corrected chi connectivity index (χ2v) is 4.00. The van der Waals surface area contributed by atoms with E-state index >= 15 is 0 Å². The zero-order valence-corrected chi connectivity index (χ0v) is 11.5. The summed E-state index contributed by atoms with van der Waals surface area (Å²) in [5.41, 5.74) is 0.555. The molecule has 0 saturated heterocycles. The number of carbonyl (C=O) groups excluding carboxylic acids is 3. The predicted octanol–water partition coefficient (Wildman–Crippen LogP) is 1.75. The summed E-state index contributed by atoms with van der Waals surface area (Å²) in [5.74, 6) is -1.49. The van der Waals surface area contributed by atoms with E-state index < -0.39 is 17.8 Å². The molecule has 6 heteroatoms. The lowest BCUT2D eigenvalue weighted by Crippen LogP contribution is -2.22. The molecule has 6 nitrogen and oxygen atoms in total. The number of hydrogen-bond donors (Lipinski definition) is 1. The lowest BCUT2D eigenvalue weighted by molar-refractivity contribution is -0.147. The van der Waals surface area contributed by atoms with Crippen LogP contribution in [0.3, 0.4) is 0 Å². The van der Waals surface area contributed by atoms with E-state index in [0.717, 1.165) is 0 Å². The number of nitrogens with one attached hydrogen (secondary N) is 1. The molecule has 0 unspecified atom stereocenters. The minimum atomic E-state index is -0.552. The number of para-hydroxylation sites is 1. The van der Waals surface area contributed by atoms with Gasteiger partial charge in [-0.15, -0.1) is 0 Å². The molecule has 0 spiro atoms. The number of hydrogen-bond acceptors (Lipinski definition) is 5. The van der Waals surface area contributed by atoms with Crippen LogP contribution in [0.5, 0.6) is 0 Å². The molecule has 0 heterocycles. The Morgan fingerprint density at radius 1 is 1.20 bits per heavy atom. The van der Waals surface area contributed by atoms with E-state index in [-0.39, 0.29) is 18.6 Å². The number of methoxy groups -OCH3 is 1. The summed E-state index contributed by atoms with van der Waals surface area (Å²) in [4.78, 5) is 34.3. The lowest BCUT2D eigenvalue weighted by atomic mass is 10.2. The van der Waals surface area contributed by atoms with Gasteiger partial charge in [-0.05, 0) is 18.6 Å². The SMILES string of the molecule is CCCC(=O)OCC(=O)Nc1ccccc1C(=O)OC. The third-order valence-corrected chi connectivity index (χ3v) is 2.42. The van der Waals surface area contributed by atoms with Crippen molar-refractivity contribution in [2.75, 3.05) is 19.0 Å². The standard InChI is InChI=1S/C14H17NO5/c1-3-6-13(17)20-9-12(16)15-11-8-5-4-7-10(11)14(18)19-2/h4-5,7-8H,3,6,9H2,1-2H3,(H,15,16). The Kier molecular flexibility index (Phi) is 6.22. The minimum absolute atomic E-state index is 0.239. The van der Waals surface area contributed by atoms with Gasteiger partial charge in [0.05, 0.1) is 18.4 Å². The normalized spacial score (nSPS) is 9.70.